The number of fused-ring (bicyclic) bond motifs is 1. The summed E-state index contributed by atoms with van der Waals surface area (Å²) >= 11 is 6.00. The normalized spacial score (nSPS) is 16.2. The predicted octanol–water partition coefficient (Wildman–Crippen LogP) is 7.02. The molecule has 34 heavy (non-hydrogen) atoms. The SMILES string of the molecule is CC(C)(C)OC(=O)N1CCCC1c1ncc(-c2ccc(-c3ccc4cc(Cl)ncc4c3)cc2)[nH]1. The fourth-order valence-electron chi connectivity index (χ4n) is 4.38. The summed E-state index contributed by atoms with van der Waals surface area (Å²) in [5.41, 5.74) is 3.68. The first-order valence-corrected chi connectivity index (χ1v) is 11.9. The van der Waals surface area contributed by atoms with Crippen molar-refractivity contribution in [3.8, 4) is 22.4 Å². The van der Waals surface area contributed by atoms with Crippen molar-refractivity contribution in [3.63, 3.8) is 0 Å². The van der Waals surface area contributed by atoms with E-state index in [9.17, 15) is 4.79 Å². The van der Waals surface area contributed by atoms with E-state index in [2.05, 4.69) is 57.4 Å². The number of pyridine rings is 1. The number of nitrogens with one attached hydrogen (secondary N) is 1. The molecule has 0 aliphatic carbocycles. The van der Waals surface area contributed by atoms with E-state index in [-0.39, 0.29) is 12.1 Å². The molecule has 2 aromatic carbocycles. The summed E-state index contributed by atoms with van der Waals surface area (Å²) < 4.78 is 5.59. The molecule has 1 N–H and O–H groups in total. The summed E-state index contributed by atoms with van der Waals surface area (Å²) in [6.07, 6.45) is 5.15. The van der Waals surface area contributed by atoms with Gasteiger partial charge in [-0.25, -0.2) is 14.8 Å². The fraction of sp³-hybridized carbons (Fsp3) is 0.296. The van der Waals surface area contributed by atoms with Crippen molar-refractivity contribution >= 4 is 28.5 Å². The molecule has 1 saturated heterocycles. The summed E-state index contributed by atoms with van der Waals surface area (Å²) in [7, 11) is 0. The molecule has 1 fully saturated rings. The predicted molar refractivity (Wildman–Crippen MR) is 135 cm³/mol. The van der Waals surface area contributed by atoms with Gasteiger partial charge >= 0.3 is 6.09 Å². The minimum atomic E-state index is -0.519. The van der Waals surface area contributed by atoms with Crippen molar-refractivity contribution < 1.29 is 9.53 Å². The number of imidazole rings is 1. The number of H-pyrrole nitrogens is 1. The van der Waals surface area contributed by atoms with Gasteiger partial charge in [0.2, 0.25) is 0 Å². The van der Waals surface area contributed by atoms with E-state index in [4.69, 9.17) is 16.3 Å². The van der Waals surface area contributed by atoms with Crippen LogP contribution in [0.3, 0.4) is 0 Å². The van der Waals surface area contributed by atoms with E-state index in [0.29, 0.717) is 11.7 Å². The molecular formula is C27H27ClN4O2. The second kappa shape index (κ2) is 8.76. The first-order valence-electron chi connectivity index (χ1n) is 11.5. The van der Waals surface area contributed by atoms with Gasteiger partial charge < -0.3 is 9.72 Å². The smallest absolute Gasteiger partial charge is 0.410 e. The minimum Gasteiger partial charge on any atom is -0.444 e. The maximum atomic E-state index is 12.6. The largest absolute Gasteiger partial charge is 0.444 e. The molecule has 6 nitrogen and oxygen atoms in total. The van der Waals surface area contributed by atoms with Crippen LogP contribution in [-0.4, -0.2) is 38.1 Å². The number of aromatic nitrogens is 3. The molecule has 2 aromatic heterocycles. The first-order chi connectivity index (χ1) is 16.3. The van der Waals surface area contributed by atoms with Crippen LogP contribution in [0.1, 0.15) is 45.5 Å². The van der Waals surface area contributed by atoms with Crippen LogP contribution in [-0.2, 0) is 4.74 Å². The third kappa shape index (κ3) is 4.64. The number of rotatable bonds is 3. The van der Waals surface area contributed by atoms with Gasteiger partial charge in [0.15, 0.2) is 0 Å². The van der Waals surface area contributed by atoms with Crippen molar-refractivity contribution in [2.24, 2.45) is 0 Å². The molecule has 5 rings (SSSR count). The average Bonchev–Trinajstić information content (AvgIpc) is 3.47. The summed E-state index contributed by atoms with van der Waals surface area (Å²) in [5, 5.41) is 2.61. The number of benzene rings is 2. The average molecular weight is 475 g/mol. The van der Waals surface area contributed by atoms with Crippen LogP contribution in [0.25, 0.3) is 33.2 Å². The third-order valence-electron chi connectivity index (χ3n) is 6.01. The maximum absolute atomic E-state index is 12.6. The van der Waals surface area contributed by atoms with Crippen LogP contribution in [0, 0.1) is 0 Å². The van der Waals surface area contributed by atoms with Crippen LogP contribution >= 0.6 is 11.6 Å². The second-order valence-electron chi connectivity index (χ2n) is 9.66. The lowest BCUT2D eigenvalue weighted by Gasteiger charge is -2.27. The van der Waals surface area contributed by atoms with Gasteiger partial charge in [0.05, 0.1) is 17.9 Å². The number of carbonyl (C=O) groups excluding carboxylic acids is 1. The minimum absolute atomic E-state index is 0.0948. The number of likely N-dealkylation sites (tertiary alicyclic amines) is 1. The van der Waals surface area contributed by atoms with E-state index < -0.39 is 5.60 Å². The van der Waals surface area contributed by atoms with Gasteiger partial charge in [-0.3, -0.25) is 4.90 Å². The Morgan fingerprint density at radius 1 is 1.00 bits per heavy atom. The summed E-state index contributed by atoms with van der Waals surface area (Å²) in [6, 6.07) is 16.4. The van der Waals surface area contributed by atoms with Crippen LogP contribution in [0.4, 0.5) is 4.79 Å². The van der Waals surface area contributed by atoms with Gasteiger partial charge in [0.1, 0.15) is 16.6 Å². The highest BCUT2D eigenvalue weighted by Crippen LogP contribution is 2.33. The van der Waals surface area contributed by atoms with Crippen molar-refractivity contribution in [2.75, 3.05) is 6.54 Å². The van der Waals surface area contributed by atoms with Crippen LogP contribution in [0.2, 0.25) is 5.15 Å². The number of carbonyl (C=O) groups is 1. The molecular weight excluding hydrogens is 448 g/mol. The van der Waals surface area contributed by atoms with Gasteiger partial charge in [-0.2, -0.15) is 0 Å². The zero-order chi connectivity index (χ0) is 23.9. The Kier molecular flexibility index (Phi) is 5.78. The van der Waals surface area contributed by atoms with E-state index >= 15 is 0 Å². The zero-order valence-corrected chi connectivity index (χ0v) is 20.3. The first kappa shape index (κ1) is 22.4. The highest BCUT2D eigenvalue weighted by atomic mass is 35.5. The lowest BCUT2D eigenvalue weighted by atomic mass is 10.0. The second-order valence-corrected chi connectivity index (χ2v) is 10.0. The molecule has 1 unspecified atom stereocenters. The van der Waals surface area contributed by atoms with Crippen LogP contribution in [0.5, 0.6) is 0 Å². The number of halogens is 1. The van der Waals surface area contributed by atoms with Gasteiger partial charge in [-0.1, -0.05) is 48.0 Å². The molecule has 4 aromatic rings. The Morgan fingerprint density at radius 2 is 1.74 bits per heavy atom. The van der Waals surface area contributed by atoms with E-state index in [1.807, 2.05) is 33.0 Å². The lowest BCUT2D eigenvalue weighted by molar-refractivity contribution is 0.0218. The number of hydrogen-bond acceptors (Lipinski definition) is 4. The number of aromatic amines is 1. The third-order valence-corrected chi connectivity index (χ3v) is 6.22. The number of nitrogens with zero attached hydrogens (tertiary/aromatic N) is 3. The topological polar surface area (TPSA) is 71.1 Å². The highest BCUT2D eigenvalue weighted by Gasteiger charge is 2.34. The van der Waals surface area contributed by atoms with Gasteiger partial charge in [0, 0.05) is 18.1 Å². The molecule has 1 aliphatic rings. The van der Waals surface area contributed by atoms with E-state index in [1.165, 1.54) is 0 Å². The summed E-state index contributed by atoms with van der Waals surface area (Å²) in [6.45, 7) is 6.33. The number of ether oxygens (including phenoxy) is 1. The molecule has 1 amide bonds. The summed E-state index contributed by atoms with van der Waals surface area (Å²) in [4.78, 5) is 26.6. The molecule has 174 valence electrons. The monoisotopic (exact) mass is 474 g/mol. The Labute approximate surface area is 203 Å². The summed E-state index contributed by atoms with van der Waals surface area (Å²) in [5.74, 6) is 0.795. The molecule has 0 saturated carbocycles. The Bertz CT molecular complexity index is 1340. The molecule has 0 spiro atoms. The fourth-order valence-corrected chi connectivity index (χ4v) is 4.55. The van der Waals surface area contributed by atoms with Crippen molar-refractivity contribution in [1.29, 1.82) is 0 Å². The van der Waals surface area contributed by atoms with Crippen molar-refractivity contribution in [1.82, 2.24) is 19.9 Å². The molecule has 0 radical (unpaired) electrons. The van der Waals surface area contributed by atoms with Crippen molar-refractivity contribution in [3.05, 3.63) is 71.9 Å². The van der Waals surface area contributed by atoms with Crippen molar-refractivity contribution in [2.45, 2.75) is 45.3 Å². The number of hydrogen-bond donors (Lipinski definition) is 1. The Balaban J connectivity index is 1.34. The number of amides is 1. The van der Waals surface area contributed by atoms with Gasteiger partial charge in [-0.05, 0) is 67.8 Å². The quantitative estimate of drug-likeness (QED) is 0.324. The highest BCUT2D eigenvalue weighted by molar-refractivity contribution is 6.30. The van der Waals surface area contributed by atoms with Crippen LogP contribution in [0.15, 0.2) is 60.9 Å². The standard InChI is InChI=1S/C27H27ClN4O2/c1-27(2,3)34-26(33)32-12-4-5-23(32)25-30-16-22(31-25)18-8-6-17(7-9-18)19-10-11-20-14-24(28)29-15-21(20)13-19/h6-11,13-16,23H,4-5,12H2,1-3H3,(H,30,31). The molecule has 7 heteroatoms. The molecule has 1 aliphatic heterocycles. The lowest BCUT2D eigenvalue weighted by Crippen LogP contribution is -2.36. The van der Waals surface area contributed by atoms with E-state index in [1.54, 1.807) is 11.1 Å². The van der Waals surface area contributed by atoms with Gasteiger partial charge in [-0.15, -0.1) is 0 Å². The molecule has 1 atom stereocenters. The maximum Gasteiger partial charge on any atom is 0.410 e. The van der Waals surface area contributed by atoms with Gasteiger partial charge in [0.25, 0.3) is 0 Å². The Hall–Kier alpha value is -3.38. The Morgan fingerprint density at radius 3 is 2.50 bits per heavy atom. The molecule has 0 bridgehead atoms. The molecule has 3 heterocycles. The van der Waals surface area contributed by atoms with E-state index in [0.717, 1.165) is 51.8 Å². The van der Waals surface area contributed by atoms with Crippen LogP contribution < -0.4 is 0 Å². The zero-order valence-electron chi connectivity index (χ0n) is 19.5.